The van der Waals surface area contributed by atoms with Crippen molar-refractivity contribution in [3.05, 3.63) is 54.1 Å². The van der Waals surface area contributed by atoms with Gasteiger partial charge in [0.15, 0.2) is 0 Å². The van der Waals surface area contributed by atoms with E-state index >= 15 is 0 Å². The number of sulfonamides is 1. The van der Waals surface area contributed by atoms with Crippen molar-refractivity contribution in [2.24, 2.45) is 0 Å². The lowest BCUT2D eigenvalue weighted by Gasteiger charge is -2.03. The second-order valence-corrected chi connectivity index (χ2v) is 7.02. The summed E-state index contributed by atoms with van der Waals surface area (Å²) in [7, 11) is -3.38. The van der Waals surface area contributed by atoms with Crippen molar-refractivity contribution in [2.45, 2.75) is 6.61 Å². The van der Waals surface area contributed by atoms with Crippen LogP contribution in [0.3, 0.4) is 0 Å². The first-order chi connectivity index (χ1) is 11.5. The predicted octanol–water partition coefficient (Wildman–Crippen LogP) is 3.14. The highest BCUT2D eigenvalue weighted by Gasteiger charge is 2.17. The normalized spacial score (nSPS) is 11.4. The maximum atomic E-state index is 11.4. The summed E-state index contributed by atoms with van der Waals surface area (Å²) in [5, 5.41) is 0.759. The van der Waals surface area contributed by atoms with E-state index in [1.165, 1.54) is 0 Å². The van der Waals surface area contributed by atoms with Gasteiger partial charge in [0.25, 0.3) is 6.47 Å². The molecule has 7 heteroatoms. The van der Waals surface area contributed by atoms with E-state index in [0.29, 0.717) is 23.5 Å². The van der Waals surface area contributed by atoms with Gasteiger partial charge in [-0.15, -0.1) is 0 Å². The topological polar surface area (TPSA) is 85.6 Å². The van der Waals surface area contributed by atoms with Gasteiger partial charge < -0.3 is 9.15 Å². The van der Waals surface area contributed by atoms with E-state index < -0.39 is 10.0 Å². The second-order valence-electron chi connectivity index (χ2n) is 5.27. The van der Waals surface area contributed by atoms with Crippen molar-refractivity contribution in [1.29, 1.82) is 0 Å². The lowest BCUT2D eigenvalue weighted by molar-refractivity contribution is -0.129. The Morgan fingerprint density at radius 2 is 1.92 bits per heavy atom. The summed E-state index contributed by atoms with van der Waals surface area (Å²) >= 11 is 0. The van der Waals surface area contributed by atoms with E-state index in [2.05, 4.69) is 4.72 Å². The van der Waals surface area contributed by atoms with Gasteiger partial charge in [0, 0.05) is 22.6 Å². The zero-order chi connectivity index (χ0) is 17.2. The monoisotopic (exact) mass is 345 g/mol. The van der Waals surface area contributed by atoms with Crippen molar-refractivity contribution in [1.82, 2.24) is 0 Å². The summed E-state index contributed by atoms with van der Waals surface area (Å²) < 4.78 is 36.0. The molecule has 3 aromatic rings. The Labute approximate surface area is 139 Å². The highest BCUT2D eigenvalue weighted by molar-refractivity contribution is 7.92. The molecule has 2 aromatic carbocycles. The molecule has 1 aromatic heterocycles. The fourth-order valence-electron chi connectivity index (χ4n) is 2.51. The van der Waals surface area contributed by atoms with E-state index in [1.807, 2.05) is 30.3 Å². The number of ether oxygens (including phenoxy) is 1. The van der Waals surface area contributed by atoms with Crippen molar-refractivity contribution in [3.63, 3.8) is 0 Å². The molecule has 0 saturated heterocycles. The van der Waals surface area contributed by atoms with Gasteiger partial charge in [0.1, 0.15) is 18.0 Å². The maximum absolute atomic E-state index is 11.4. The van der Waals surface area contributed by atoms with E-state index in [-0.39, 0.29) is 6.61 Å². The smallest absolute Gasteiger partial charge is 0.293 e. The number of fused-ring (bicyclic) bond motifs is 1. The van der Waals surface area contributed by atoms with E-state index in [0.717, 1.165) is 22.8 Å². The largest absolute Gasteiger partial charge is 0.463 e. The molecule has 0 fully saturated rings. The van der Waals surface area contributed by atoms with Gasteiger partial charge in [-0.2, -0.15) is 0 Å². The third-order valence-electron chi connectivity index (χ3n) is 3.43. The number of furan rings is 1. The highest BCUT2D eigenvalue weighted by atomic mass is 32.2. The fourth-order valence-corrected chi connectivity index (χ4v) is 3.07. The van der Waals surface area contributed by atoms with Gasteiger partial charge in [0.2, 0.25) is 10.0 Å². The summed E-state index contributed by atoms with van der Waals surface area (Å²) in [5.74, 6) is 0.587. The molecule has 0 aliphatic carbocycles. The minimum absolute atomic E-state index is 0.0690. The van der Waals surface area contributed by atoms with Gasteiger partial charge in [0.05, 0.1) is 11.9 Å². The van der Waals surface area contributed by atoms with Crippen LogP contribution in [-0.2, 0) is 26.2 Å². The number of anilines is 1. The van der Waals surface area contributed by atoms with Crippen LogP contribution in [0.1, 0.15) is 5.56 Å². The molecule has 1 N–H and O–H groups in total. The SMILES string of the molecule is CS(=O)(=O)Nc1ccc2c(COC=O)c(-c3ccccc3)oc2c1. The van der Waals surface area contributed by atoms with E-state index in [1.54, 1.807) is 18.2 Å². The lowest BCUT2D eigenvalue weighted by Crippen LogP contribution is -2.09. The van der Waals surface area contributed by atoms with Crippen LogP contribution in [0, 0.1) is 0 Å². The van der Waals surface area contributed by atoms with Crippen LogP contribution in [0.25, 0.3) is 22.3 Å². The lowest BCUT2D eigenvalue weighted by atomic mass is 10.1. The predicted molar refractivity (Wildman–Crippen MR) is 91.0 cm³/mol. The molecule has 0 unspecified atom stereocenters. The highest BCUT2D eigenvalue weighted by Crippen LogP contribution is 2.35. The Morgan fingerprint density at radius 3 is 2.58 bits per heavy atom. The van der Waals surface area contributed by atoms with Crippen molar-refractivity contribution in [2.75, 3.05) is 11.0 Å². The Bertz CT molecular complexity index is 977. The van der Waals surface area contributed by atoms with Crippen molar-refractivity contribution < 1.29 is 22.4 Å². The first-order valence-electron chi connectivity index (χ1n) is 7.12. The van der Waals surface area contributed by atoms with Crippen LogP contribution in [0.5, 0.6) is 0 Å². The Balaban J connectivity index is 2.14. The minimum atomic E-state index is -3.38. The summed E-state index contributed by atoms with van der Waals surface area (Å²) in [6.45, 7) is 0.451. The number of carbonyl (C=O) groups excluding carboxylic acids is 1. The number of benzene rings is 2. The van der Waals surface area contributed by atoms with Crippen LogP contribution in [0.4, 0.5) is 5.69 Å². The van der Waals surface area contributed by atoms with Gasteiger partial charge in [-0.25, -0.2) is 8.42 Å². The average Bonchev–Trinajstić information content (AvgIpc) is 2.90. The molecule has 6 nitrogen and oxygen atoms in total. The van der Waals surface area contributed by atoms with Crippen LogP contribution in [0.15, 0.2) is 52.9 Å². The molecule has 0 aliphatic heterocycles. The van der Waals surface area contributed by atoms with E-state index in [4.69, 9.17) is 9.15 Å². The molecular weight excluding hydrogens is 330 g/mol. The molecule has 124 valence electrons. The zero-order valence-corrected chi connectivity index (χ0v) is 13.7. The fraction of sp³-hybridized carbons (Fsp3) is 0.118. The standard InChI is InChI=1S/C17H15NO5S/c1-24(20,21)18-13-7-8-14-15(10-22-11-19)17(23-16(14)9-13)12-5-3-2-4-6-12/h2-9,11,18H,10H2,1H3. The van der Waals surface area contributed by atoms with Crippen LogP contribution in [0.2, 0.25) is 0 Å². The molecular formula is C17H15NO5S. The maximum Gasteiger partial charge on any atom is 0.293 e. The summed E-state index contributed by atoms with van der Waals surface area (Å²) in [6.07, 6.45) is 1.08. The van der Waals surface area contributed by atoms with Crippen LogP contribution < -0.4 is 4.72 Å². The average molecular weight is 345 g/mol. The third-order valence-corrected chi connectivity index (χ3v) is 4.03. The number of carbonyl (C=O) groups is 1. The van der Waals surface area contributed by atoms with Crippen molar-refractivity contribution in [3.8, 4) is 11.3 Å². The Kier molecular flexibility index (Phi) is 4.26. The second kappa shape index (κ2) is 6.37. The van der Waals surface area contributed by atoms with Crippen molar-refractivity contribution >= 4 is 33.2 Å². The third kappa shape index (κ3) is 3.41. The van der Waals surface area contributed by atoms with Gasteiger partial charge in [-0.3, -0.25) is 9.52 Å². The number of rotatable bonds is 6. The zero-order valence-electron chi connectivity index (χ0n) is 12.9. The minimum Gasteiger partial charge on any atom is -0.463 e. The number of nitrogens with one attached hydrogen (secondary N) is 1. The molecule has 0 radical (unpaired) electrons. The molecule has 0 saturated carbocycles. The van der Waals surface area contributed by atoms with Gasteiger partial charge >= 0.3 is 0 Å². The molecule has 0 bridgehead atoms. The molecule has 0 aliphatic rings. The quantitative estimate of drug-likeness (QED) is 0.694. The molecule has 1 heterocycles. The van der Waals surface area contributed by atoms with E-state index in [9.17, 15) is 13.2 Å². The summed E-state index contributed by atoms with van der Waals surface area (Å²) in [4.78, 5) is 10.6. The molecule has 0 atom stereocenters. The summed E-state index contributed by atoms with van der Waals surface area (Å²) in [6, 6.07) is 14.4. The van der Waals surface area contributed by atoms with Gasteiger partial charge in [-0.05, 0) is 12.1 Å². The Hall–Kier alpha value is -2.80. The molecule has 24 heavy (non-hydrogen) atoms. The first-order valence-corrected chi connectivity index (χ1v) is 9.01. The number of hydrogen-bond donors (Lipinski definition) is 1. The molecule has 0 spiro atoms. The molecule has 3 rings (SSSR count). The Morgan fingerprint density at radius 1 is 1.17 bits per heavy atom. The van der Waals surface area contributed by atoms with Crippen LogP contribution >= 0.6 is 0 Å². The summed E-state index contributed by atoms with van der Waals surface area (Å²) in [5.41, 5.74) is 2.48. The number of hydrogen-bond acceptors (Lipinski definition) is 5. The van der Waals surface area contributed by atoms with Gasteiger partial charge in [-0.1, -0.05) is 30.3 Å². The van der Waals surface area contributed by atoms with Crippen LogP contribution in [-0.4, -0.2) is 21.1 Å². The molecule has 0 amide bonds. The first kappa shape index (κ1) is 16.1.